The second-order valence-electron chi connectivity index (χ2n) is 8.28. The largest absolute Gasteiger partial charge is 0.486 e. The smallest absolute Gasteiger partial charge is 0.419 e. The molecule has 2 unspecified atom stereocenters. The third-order valence-corrected chi connectivity index (χ3v) is 5.50. The van der Waals surface area contributed by atoms with Crippen molar-refractivity contribution in [2.75, 3.05) is 12.4 Å². The van der Waals surface area contributed by atoms with Gasteiger partial charge in [0.2, 0.25) is 0 Å². The van der Waals surface area contributed by atoms with Crippen LogP contribution in [0.3, 0.4) is 0 Å². The summed E-state index contributed by atoms with van der Waals surface area (Å²) in [4.78, 5) is 19.0. The molecule has 1 aliphatic rings. The first-order valence-electron chi connectivity index (χ1n) is 11.3. The van der Waals surface area contributed by atoms with Gasteiger partial charge in [-0.15, -0.1) is 0 Å². The first-order valence-corrected chi connectivity index (χ1v) is 11.3. The highest BCUT2D eigenvalue weighted by molar-refractivity contribution is 5.90. The number of pyridine rings is 1. The van der Waals surface area contributed by atoms with Gasteiger partial charge in [-0.2, -0.15) is 13.2 Å². The topological polar surface area (TPSA) is 88.3 Å². The number of esters is 1. The van der Waals surface area contributed by atoms with Gasteiger partial charge in [-0.1, -0.05) is 6.08 Å². The molecule has 0 aliphatic heterocycles. The quantitative estimate of drug-likeness (QED) is 0.204. The molecule has 1 aromatic carbocycles. The number of hydrogen-bond acceptors (Lipinski definition) is 6. The maximum Gasteiger partial charge on any atom is 0.419 e. The van der Waals surface area contributed by atoms with Gasteiger partial charge in [0.15, 0.2) is 0 Å². The van der Waals surface area contributed by atoms with Crippen LogP contribution < -0.4 is 15.4 Å². The van der Waals surface area contributed by atoms with Gasteiger partial charge in [0, 0.05) is 36.3 Å². The van der Waals surface area contributed by atoms with Gasteiger partial charge in [-0.3, -0.25) is 4.98 Å². The molecular formula is C26H24F4N4O3. The Labute approximate surface area is 210 Å². The average Bonchev–Trinajstić information content (AvgIpc) is 3.36. The number of ether oxygens (including phenoxy) is 2. The Hall–Kier alpha value is -4.28. The second-order valence-corrected chi connectivity index (χ2v) is 8.28. The minimum Gasteiger partial charge on any atom is -0.486 e. The lowest BCUT2D eigenvalue weighted by Crippen LogP contribution is -2.33. The number of carbonyl (C=O) groups is 1. The number of carbonyl (C=O) groups excluding carboxylic acids is 1. The van der Waals surface area contributed by atoms with Crippen molar-refractivity contribution in [2.45, 2.75) is 31.8 Å². The Morgan fingerprint density at radius 2 is 2.00 bits per heavy atom. The minimum absolute atomic E-state index is 0.143. The SMILES string of the molecule is COC(=O)c1c[nH]c(-c2cc(OC3C=CC(NC(C)Nc4ccc(F)c(C(F)(F)F)c4)=CC3)ccn2)c1. The Bertz CT molecular complexity index is 1330. The average molecular weight is 516 g/mol. The molecule has 11 heteroatoms. The van der Waals surface area contributed by atoms with Crippen molar-refractivity contribution in [1.29, 1.82) is 0 Å². The molecule has 1 aliphatic carbocycles. The molecule has 0 spiro atoms. The zero-order valence-corrected chi connectivity index (χ0v) is 19.9. The van der Waals surface area contributed by atoms with Gasteiger partial charge >= 0.3 is 12.1 Å². The zero-order chi connectivity index (χ0) is 26.6. The Balaban J connectivity index is 1.32. The number of allylic oxidation sites excluding steroid dienone is 1. The molecule has 0 amide bonds. The number of methoxy groups -OCH3 is 1. The van der Waals surface area contributed by atoms with Crippen LogP contribution in [0.25, 0.3) is 11.4 Å². The first kappa shape index (κ1) is 25.8. The summed E-state index contributed by atoms with van der Waals surface area (Å²) in [5.41, 5.74) is 1.21. The second kappa shape index (κ2) is 10.8. The number of benzene rings is 1. The molecule has 2 aromatic heterocycles. The minimum atomic E-state index is -4.77. The molecule has 7 nitrogen and oxygen atoms in total. The van der Waals surface area contributed by atoms with E-state index in [9.17, 15) is 22.4 Å². The predicted molar refractivity (Wildman–Crippen MR) is 129 cm³/mol. The van der Waals surface area contributed by atoms with Crippen molar-refractivity contribution in [3.63, 3.8) is 0 Å². The number of aromatic amines is 1. The normalized spacial score (nSPS) is 16.1. The van der Waals surface area contributed by atoms with Crippen LogP contribution in [0.15, 0.2) is 72.7 Å². The van der Waals surface area contributed by atoms with Crippen LogP contribution in [-0.4, -0.2) is 35.3 Å². The standard InChI is InChI=1S/C26H24F4N4O3/c1-15(34-18-5-8-22(27)21(12-18)26(28,29)30)33-17-3-6-19(7-4-17)37-20-9-10-31-24(13-20)23-11-16(14-32-23)25(35)36-2/h3-6,8-15,19,32-34H,7H2,1-2H3. The van der Waals surface area contributed by atoms with Crippen molar-refractivity contribution in [3.8, 4) is 17.1 Å². The molecule has 194 valence electrons. The number of halogens is 4. The Morgan fingerprint density at radius 3 is 2.70 bits per heavy atom. The fourth-order valence-corrected chi connectivity index (χ4v) is 3.75. The summed E-state index contributed by atoms with van der Waals surface area (Å²) in [6.45, 7) is 1.73. The van der Waals surface area contributed by atoms with E-state index in [0.717, 1.165) is 17.8 Å². The maximum absolute atomic E-state index is 13.5. The maximum atomic E-state index is 13.5. The third-order valence-electron chi connectivity index (χ3n) is 5.50. The molecule has 0 bridgehead atoms. The van der Waals surface area contributed by atoms with Crippen LogP contribution in [0.2, 0.25) is 0 Å². The summed E-state index contributed by atoms with van der Waals surface area (Å²) in [6.07, 6.45) is 3.82. The Morgan fingerprint density at radius 1 is 1.19 bits per heavy atom. The molecule has 0 saturated heterocycles. The van der Waals surface area contributed by atoms with Crippen LogP contribution in [0.1, 0.15) is 29.3 Å². The lowest BCUT2D eigenvalue weighted by atomic mass is 10.1. The van der Waals surface area contributed by atoms with Gasteiger partial charge in [0.1, 0.15) is 17.7 Å². The first-order chi connectivity index (χ1) is 17.6. The molecule has 2 heterocycles. The summed E-state index contributed by atoms with van der Waals surface area (Å²) >= 11 is 0. The monoisotopic (exact) mass is 516 g/mol. The van der Waals surface area contributed by atoms with Crippen molar-refractivity contribution in [2.24, 2.45) is 0 Å². The van der Waals surface area contributed by atoms with Crippen molar-refractivity contribution in [3.05, 3.63) is 89.7 Å². The van der Waals surface area contributed by atoms with E-state index < -0.39 is 29.7 Å². The number of nitrogens with one attached hydrogen (secondary N) is 3. The van der Waals surface area contributed by atoms with Crippen molar-refractivity contribution < 1.29 is 31.8 Å². The van der Waals surface area contributed by atoms with Crippen LogP contribution in [0.4, 0.5) is 23.2 Å². The molecular weight excluding hydrogens is 492 g/mol. The molecule has 3 N–H and O–H groups in total. The van der Waals surface area contributed by atoms with E-state index in [2.05, 4.69) is 20.6 Å². The van der Waals surface area contributed by atoms with Gasteiger partial charge in [0.05, 0.1) is 35.8 Å². The van der Waals surface area contributed by atoms with Crippen molar-refractivity contribution in [1.82, 2.24) is 15.3 Å². The summed E-state index contributed by atoms with van der Waals surface area (Å²) < 4.78 is 63.1. The van der Waals surface area contributed by atoms with E-state index in [4.69, 9.17) is 9.47 Å². The summed E-state index contributed by atoms with van der Waals surface area (Å²) in [5, 5.41) is 6.04. The molecule has 0 radical (unpaired) electrons. The van der Waals surface area contributed by atoms with E-state index in [1.165, 1.54) is 13.2 Å². The molecule has 3 aromatic rings. The number of hydrogen-bond donors (Lipinski definition) is 3. The van der Waals surface area contributed by atoms with Crippen LogP contribution >= 0.6 is 0 Å². The predicted octanol–water partition coefficient (Wildman–Crippen LogP) is 5.66. The number of H-pyrrole nitrogens is 1. The van der Waals surface area contributed by atoms with Crippen LogP contribution in [-0.2, 0) is 10.9 Å². The number of nitrogens with zero attached hydrogens (tertiary/aromatic N) is 1. The molecule has 37 heavy (non-hydrogen) atoms. The number of aromatic nitrogens is 2. The van der Waals surface area contributed by atoms with Gasteiger partial charge < -0.3 is 25.1 Å². The zero-order valence-electron chi connectivity index (χ0n) is 19.9. The number of rotatable bonds is 8. The van der Waals surface area contributed by atoms with Gasteiger partial charge in [0.25, 0.3) is 0 Å². The van der Waals surface area contributed by atoms with E-state index in [0.29, 0.717) is 29.1 Å². The van der Waals surface area contributed by atoms with E-state index in [1.807, 2.05) is 18.2 Å². The summed E-state index contributed by atoms with van der Waals surface area (Å²) in [5.74, 6) is -1.18. The highest BCUT2D eigenvalue weighted by Gasteiger charge is 2.34. The molecule has 2 atom stereocenters. The highest BCUT2D eigenvalue weighted by atomic mass is 19.4. The molecule has 0 saturated carbocycles. The van der Waals surface area contributed by atoms with E-state index in [-0.39, 0.29) is 11.8 Å². The fraction of sp³-hybridized carbons (Fsp3) is 0.231. The fourth-order valence-electron chi connectivity index (χ4n) is 3.75. The van der Waals surface area contributed by atoms with Crippen LogP contribution in [0, 0.1) is 5.82 Å². The van der Waals surface area contributed by atoms with E-state index >= 15 is 0 Å². The molecule has 0 fully saturated rings. The molecule has 4 rings (SSSR count). The lowest BCUT2D eigenvalue weighted by Gasteiger charge is -2.23. The van der Waals surface area contributed by atoms with Crippen LogP contribution in [0.5, 0.6) is 5.75 Å². The summed E-state index contributed by atoms with van der Waals surface area (Å²) in [6, 6.07) is 7.91. The third kappa shape index (κ3) is 6.49. The summed E-state index contributed by atoms with van der Waals surface area (Å²) in [7, 11) is 1.31. The number of anilines is 1. The van der Waals surface area contributed by atoms with Gasteiger partial charge in [-0.25, -0.2) is 9.18 Å². The van der Waals surface area contributed by atoms with Crippen molar-refractivity contribution >= 4 is 11.7 Å². The number of alkyl halides is 3. The Kier molecular flexibility index (Phi) is 7.51. The highest BCUT2D eigenvalue weighted by Crippen LogP contribution is 2.33. The van der Waals surface area contributed by atoms with Gasteiger partial charge in [-0.05, 0) is 49.4 Å². The lowest BCUT2D eigenvalue weighted by molar-refractivity contribution is -0.139. The van der Waals surface area contributed by atoms with E-state index in [1.54, 1.807) is 37.5 Å².